The van der Waals surface area contributed by atoms with Gasteiger partial charge in [0.15, 0.2) is 0 Å². The molecule has 0 bridgehead atoms. The number of aliphatic hydroxyl groups excluding tert-OH is 2. The van der Waals surface area contributed by atoms with Crippen molar-refractivity contribution >= 4 is 23.2 Å². The van der Waals surface area contributed by atoms with Crippen molar-refractivity contribution in [3.05, 3.63) is 33.8 Å². The maximum absolute atomic E-state index is 8.85. The second-order valence-corrected chi connectivity index (χ2v) is 4.35. The normalized spacial score (nSPS) is 11.1. The molecule has 90 valence electrons. The number of aliphatic hydroxyl groups is 2. The predicted molar refractivity (Wildman–Crippen MR) is 66.1 cm³/mol. The highest BCUT2D eigenvalue weighted by atomic mass is 35.5. The van der Waals surface area contributed by atoms with Gasteiger partial charge >= 0.3 is 0 Å². The van der Waals surface area contributed by atoms with E-state index in [0.717, 1.165) is 12.0 Å². The van der Waals surface area contributed by atoms with Crippen molar-refractivity contribution < 1.29 is 10.2 Å². The van der Waals surface area contributed by atoms with Gasteiger partial charge in [-0.05, 0) is 30.7 Å². The van der Waals surface area contributed by atoms with Crippen LogP contribution >= 0.6 is 23.2 Å². The van der Waals surface area contributed by atoms with Crippen LogP contribution in [0.25, 0.3) is 0 Å². The lowest BCUT2D eigenvalue weighted by atomic mass is 10.1. The first kappa shape index (κ1) is 13.7. The van der Waals surface area contributed by atoms with Crippen molar-refractivity contribution in [2.75, 3.05) is 19.8 Å². The Kier molecular flexibility index (Phi) is 6.09. The van der Waals surface area contributed by atoms with Gasteiger partial charge in [0.05, 0.1) is 19.3 Å². The molecule has 0 fully saturated rings. The molecule has 0 radical (unpaired) electrons. The van der Waals surface area contributed by atoms with Crippen LogP contribution in [-0.4, -0.2) is 36.0 Å². The number of nitrogens with one attached hydrogen (secondary N) is 1. The van der Waals surface area contributed by atoms with Crippen molar-refractivity contribution in [2.24, 2.45) is 0 Å². The highest BCUT2D eigenvalue weighted by Gasteiger charge is 2.05. The van der Waals surface area contributed by atoms with Crippen molar-refractivity contribution in [3.8, 4) is 0 Å². The number of hydrogen-bond donors (Lipinski definition) is 3. The zero-order chi connectivity index (χ0) is 12.0. The predicted octanol–water partition coefficient (Wildman–Crippen LogP) is 1.48. The Hall–Kier alpha value is -0.320. The average Bonchev–Trinajstić information content (AvgIpc) is 2.27. The standard InChI is InChI=1S/C11H15Cl2NO2/c12-9-2-1-8(11(13)5-9)3-4-14-10(6-15)7-16/h1-2,5,10,14-16H,3-4,6-7H2. The van der Waals surface area contributed by atoms with Crippen LogP contribution in [0, 0.1) is 0 Å². The molecule has 1 rings (SSSR count). The molecule has 1 aromatic rings. The second kappa shape index (κ2) is 7.09. The summed E-state index contributed by atoms with van der Waals surface area (Å²) in [6, 6.07) is 5.09. The first-order valence-electron chi connectivity index (χ1n) is 5.06. The molecule has 0 saturated carbocycles. The summed E-state index contributed by atoms with van der Waals surface area (Å²) in [5.74, 6) is 0. The Balaban J connectivity index is 2.42. The molecule has 0 amide bonds. The number of hydrogen-bond acceptors (Lipinski definition) is 3. The summed E-state index contributed by atoms with van der Waals surface area (Å²) in [4.78, 5) is 0. The minimum absolute atomic E-state index is 0.0785. The lowest BCUT2D eigenvalue weighted by Crippen LogP contribution is -2.36. The monoisotopic (exact) mass is 263 g/mol. The van der Waals surface area contributed by atoms with Gasteiger partial charge in [-0.2, -0.15) is 0 Å². The van der Waals surface area contributed by atoms with Crippen molar-refractivity contribution in [2.45, 2.75) is 12.5 Å². The molecule has 0 heterocycles. The van der Waals surface area contributed by atoms with E-state index in [1.54, 1.807) is 12.1 Å². The molecular formula is C11H15Cl2NO2. The van der Waals surface area contributed by atoms with Gasteiger partial charge in [0.2, 0.25) is 0 Å². The lowest BCUT2D eigenvalue weighted by Gasteiger charge is -2.13. The quantitative estimate of drug-likeness (QED) is 0.729. The fraction of sp³-hybridized carbons (Fsp3) is 0.455. The summed E-state index contributed by atoms with van der Waals surface area (Å²) >= 11 is 11.8. The molecule has 0 saturated heterocycles. The van der Waals surface area contributed by atoms with Gasteiger partial charge in [-0.1, -0.05) is 29.3 Å². The van der Waals surface area contributed by atoms with Gasteiger partial charge in [-0.3, -0.25) is 0 Å². The van der Waals surface area contributed by atoms with Gasteiger partial charge in [0.25, 0.3) is 0 Å². The van der Waals surface area contributed by atoms with Gasteiger partial charge in [0.1, 0.15) is 0 Å². The molecule has 0 unspecified atom stereocenters. The Morgan fingerprint density at radius 1 is 1.19 bits per heavy atom. The Morgan fingerprint density at radius 3 is 2.44 bits per heavy atom. The van der Waals surface area contributed by atoms with E-state index in [2.05, 4.69) is 5.32 Å². The molecule has 16 heavy (non-hydrogen) atoms. The summed E-state index contributed by atoms with van der Waals surface area (Å²) in [6.07, 6.45) is 0.729. The first-order valence-corrected chi connectivity index (χ1v) is 5.82. The Bertz CT molecular complexity index is 330. The highest BCUT2D eigenvalue weighted by Crippen LogP contribution is 2.20. The van der Waals surface area contributed by atoms with Gasteiger partial charge in [-0.25, -0.2) is 0 Å². The largest absolute Gasteiger partial charge is 0.395 e. The third-order valence-corrected chi connectivity index (χ3v) is 2.87. The zero-order valence-corrected chi connectivity index (χ0v) is 10.3. The zero-order valence-electron chi connectivity index (χ0n) is 8.79. The molecule has 0 aliphatic rings. The van der Waals surface area contributed by atoms with Crippen molar-refractivity contribution in [1.82, 2.24) is 5.32 Å². The molecule has 0 aromatic heterocycles. The lowest BCUT2D eigenvalue weighted by molar-refractivity contribution is 0.171. The SMILES string of the molecule is OCC(CO)NCCc1ccc(Cl)cc1Cl. The van der Waals surface area contributed by atoms with Crippen LogP contribution in [0.3, 0.4) is 0 Å². The van der Waals surface area contributed by atoms with Crippen LogP contribution in [0.2, 0.25) is 10.0 Å². The van der Waals surface area contributed by atoms with Crippen molar-refractivity contribution in [1.29, 1.82) is 0 Å². The smallest absolute Gasteiger partial charge is 0.0607 e. The first-order chi connectivity index (χ1) is 7.67. The van der Waals surface area contributed by atoms with E-state index >= 15 is 0 Å². The van der Waals surface area contributed by atoms with Crippen LogP contribution in [-0.2, 0) is 6.42 Å². The third kappa shape index (κ3) is 4.28. The summed E-state index contributed by atoms with van der Waals surface area (Å²) in [6.45, 7) is 0.489. The van der Waals surface area contributed by atoms with Crippen LogP contribution in [0.4, 0.5) is 0 Å². The molecule has 0 aliphatic carbocycles. The molecule has 1 aromatic carbocycles. The summed E-state index contributed by atoms with van der Waals surface area (Å²) < 4.78 is 0. The molecule has 3 N–H and O–H groups in total. The molecular weight excluding hydrogens is 249 g/mol. The van der Waals surface area contributed by atoms with E-state index in [9.17, 15) is 0 Å². The molecule has 3 nitrogen and oxygen atoms in total. The van der Waals surface area contributed by atoms with E-state index in [0.29, 0.717) is 16.6 Å². The minimum atomic E-state index is -0.272. The summed E-state index contributed by atoms with van der Waals surface area (Å²) in [5, 5.41) is 22.0. The fourth-order valence-electron chi connectivity index (χ4n) is 1.32. The molecule has 0 spiro atoms. The van der Waals surface area contributed by atoms with Crippen LogP contribution in [0.15, 0.2) is 18.2 Å². The van der Waals surface area contributed by atoms with E-state index in [-0.39, 0.29) is 19.3 Å². The maximum Gasteiger partial charge on any atom is 0.0607 e. The molecule has 5 heteroatoms. The Labute approximate surface area is 105 Å². The molecule has 0 atom stereocenters. The second-order valence-electron chi connectivity index (χ2n) is 3.50. The van der Waals surface area contributed by atoms with Crippen molar-refractivity contribution in [3.63, 3.8) is 0 Å². The topological polar surface area (TPSA) is 52.5 Å². The van der Waals surface area contributed by atoms with E-state index in [1.807, 2.05) is 6.07 Å². The van der Waals surface area contributed by atoms with Gasteiger partial charge in [0, 0.05) is 10.0 Å². The number of rotatable bonds is 6. The summed E-state index contributed by atoms with van der Waals surface area (Å²) in [7, 11) is 0. The Morgan fingerprint density at radius 2 is 1.88 bits per heavy atom. The average molecular weight is 264 g/mol. The van der Waals surface area contributed by atoms with Crippen LogP contribution in [0.5, 0.6) is 0 Å². The third-order valence-electron chi connectivity index (χ3n) is 2.28. The fourth-order valence-corrected chi connectivity index (χ4v) is 1.83. The van der Waals surface area contributed by atoms with E-state index in [4.69, 9.17) is 33.4 Å². The summed E-state index contributed by atoms with van der Waals surface area (Å²) in [5.41, 5.74) is 0.994. The number of halogens is 2. The highest BCUT2D eigenvalue weighted by molar-refractivity contribution is 6.35. The van der Waals surface area contributed by atoms with Crippen LogP contribution in [0.1, 0.15) is 5.56 Å². The van der Waals surface area contributed by atoms with E-state index in [1.165, 1.54) is 0 Å². The minimum Gasteiger partial charge on any atom is -0.395 e. The van der Waals surface area contributed by atoms with Crippen LogP contribution < -0.4 is 5.32 Å². The van der Waals surface area contributed by atoms with Gasteiger partial charge < -0.3 is 15.5 Å². The van der Waals surface area contributed by atoms with Gasteiger partial charge in [-0.15, -0.1) is 0 Å². The molecule has 0 aliphatic heterocycles. The maximum atomic E-state index is 8.85. The number of benzene rings is 1. The van der Waals surface area contributed by atoms with E-state index < -0.39 is 0 Å².